The van der Waals surface area contributed by atoms with Crippen LogP contribution in [0.2, 0.25) is 0 Å². The van der Waals surface area contributed by atoms with Crippen LogP contribution < -0.4 is 5.32 Å². The van der Waals surface area contributed by atoms with E-state index in [1.807, 2.05) is 6.92 Å². The lowest BCUT2D eigenvalue weighted by Crippen LogP contribution is -2.26. The summed E-state index contributed by atoms with van der Waals surface area (Å²) in [6.45, 7) is 3.90. The van der Waals surface area contributed by atoms with Crippen LogP contribution in [0, 0.1) is 18.6 Å². The lowest BCUT2D eigenvalue weighted by Gasteiger charge is -2.20. The van der Waals surface area contributed by atoms with Crippen LogP contribution in [0.4, 0.5) is 8.78 Å². The van der Waals surface area contributed by atoms with E-state index >= 15 is 0 Å². The molecule has 0 aliphatic carbocycles. The maximum absolute atomic E-state index is 13.9. The molecule has 0 bridgehead atoms. The van der Waals surface area contributed by atoms with Crippen molar-refractivity contribution < 1.29 is 8.78 Å². The maximum Gasteiger partial charge on any atom is 0.132 e. The highest BCUT2D eigenvalue weighted by molar-refractivity contribution is 7.12. The Morgan fingerprint density at radius 1 is 1.25 bits per heavy atom. The van der Waals surface area contributed by atoms with E-state index in [4.69, 9.17) is 0 Å². The summed E-state index contributed by atoms with van der Waals surface area (Å²) < 4.78 is 27.2. The number of thiazole rings is 1. The van der Waals surface area contributed by atoms with E-state index in [9.17, 15) is 8.78 Å². The van der Waals surface area contributed by atoms with Crippen molar-refractivity contribution in [2.45, 2.75) is 25.7 Å². The van der Waals surface area contributed by atoms with Crippen LogP contribution in [0.5, 0.6) is 0 Å². The molecule has 1 aromatic heterocycles. The van der Waals surface area contributed by atoms with Crippen molar-refractivity contribution in [1.29, 1.82) is 0 Å². The van der Waals surface area contributed by atoms with E-state index in [1.165, 1.54) is 6.07 Å². The van der Waals surface area contributed by atoms with E-state index in [2.05, 4.69) is 10.3 Å². The van der Waals surface area contributed by atoms with E-state index in [1.54, 1.807) is 11.3 Å². The molecule has 2 heterocycles. The van der Waals surface area contributed by atoms with Gasteiger partial charge in [-0.1, -0.05) is 0 Å². The summed E-state index contributed by atoms with van der Waals surface area (Å²) in [5.74, 6) is -0.417. The number of nitrogens with one attached hydrogen (secondary N) is 1. The Balaban J connectivity index is 1.98. The van der Waals surface area contributed by atoms with Gasteiger partial charge >= 0.3 is 0 Å². The first-order valence-corrected chi connectivity index (χ1v) is 7.60. The van der Waals surface area contributed by atoms with Gasteiger partial charge in [0, 0.05) is 16.4 Å². The van der Waals surface area contributed by atoms with E-state index in [0.29, 0.717) is 11.6 Å². The molecule has 20 heavy (non-hydrogen) atoms. The zero-order valence-electron chi connectivity index (χ0n) is 11.2. The first kappa shape index (κ1) is 13.6. The molecule has 1 aliphatic heterocycles. The van der Waals surface area contributed by atoms with Gasteiger partial charge in [-0.3, -0.25) is 0 Å². The maximum atomic E-state index is 13.9. The minimum absolute atomic E-state index is 0.263. The lowest BCUT2D eigenvalue weighted by atomic mass is 9.99. The number of halogens is 2. The molecule has 0 amide bonds. The van der Waals surface area contributed by atoms with Gasteiger partial charge in [-0.25, -0.2) is 13.8 Å². The third-order valence-corrected chi connectivity index (χ3v) is 4.82. The van der Waals surface area contributed by atoms with E-state index in [0.717, 1.165) is 47.9 Å². The number of nitrogens with zero attached hydrogens (tertiary/aromatic N) is 1. The fourth-order valence-corrected chi connectivity index (χ4v) is 3.69. The number of aryl methyl sites for hydroxylation is 1. The van der Waals surface area contributed by atoms with Gasteiger partial charge in [-0.15, -0.1) is 11.3 Å². The number of piperidine rings is 1. The molecule has 3 rings (SSSR count). The molecule has 0 saturated carbocycles. The van der Waals surface area contributed by atoms with Crippen molar-refractivity contribution in [3.05, 3.63) is 39.7 Å². The molecule has 1 fully saturated rings. The highest BCUT2D eigenvalue weighted by atomic mass is 32.1. The second-order valence-electron chi connectivity index (χ2n) is 5.11. The molecule has 2 nitrogen and oxygen atoms in total. The Morgan fingerprint density at radius 3 is 2.75 bits per heavy atom. The minimum Gasteiger partial charge on any atom is -0.317 e. The van der Waals surface area contributed by atoms with Gasteiger partial charge < -0.3 is 5.32 Å². The molecule has 1 saturated heterocycles. The first-order valence-electron chi connectivity index (χ1n) is 6.78. The van der Waals surface area contributed by atoms with Crippen LogP contribution in [0.3, 0.4) is 0 Å². The molecular formula is C15H16F2N2S. The summed E-state index contributed by atoms with van der Waals surface area (Å²) in [4.78, 5) is 5.54. The zero-order valence-corrected chi connectivity index (χ0v) is 12.1. The first-order chi connectivity index (χ1) is 9.65. The predicted molar refractivity (Wildman–Crippen MR) is 77.0 cm³/mol. The molecule has 0 spiro atoms. The van der Waals surface area contributed by atoms with E-state index < -0.39 is 11.6 Å². The standard InChI is InChI=1S/C15H16F2N2S/c1-9-14(12-8-11(16)2-3-13(12)17)19-15(20-9)10-4-6-18-7-5-10/h2-3,8,10,18H,4-7H2,1H3. The molecular weight excluding hydrogens is 278 g/mol. The van der Waals surface area contributed by atoms with Crippen molar-refractivity contribution >= 4 is 11.3 Å². The summed E-state index contributed by atoms with van der Waals surface area (Å²) in [6, 6.07) is 3.52. The smallest absolute Gasteiger partial charge is 0.132 e. The van der Waals surface area contributed by atoms with Crippen LogP contribution in [0.15, 0.2) is 18.2 Å². The van der Waals surface area contributed by atoms with Crippen LogP contribution >= 0.6 is 11.3 Å². The number of hydrogen-bond donors (Lipinski definition) is 1. The van der Waals surface area contributed by atoms with Gasteiger partial charge in [0.25, 0.3) is 0 Å². The lowest BCUT2D eigenvalue weighted by molar-refractivity contribution is 0.459. The topological polar surface area (TPSA) is 24.9 Å². The quantitative estimate of drug-likeness (QED) is 0.909. The molecule has 1 aliphatic rings. The minimum atomic E-state index is -0.433. The average Bonchev–Trinajstić information content (AvgIpc) is 2.84. The summed E-state index contributed by atoms with van der Waals surface area (Å²) in [6.07, 6.45) is 2.11. The molecule has 106 valence electrons. The van der Waals surface area contributed by atoms with Crippen molar-refractivity contribution in [3.63, 3.8) is 0 Å². The average molecular weight is 294 g/mol. The van der Waals surface area contributed by atoms with Crippen LogP contribution in [-0.4, -0.2) is 18.1 Å². The summed E-state index contributed by atoms with van der Waals surface area (Å²) in [7, 11) is 0. The van der Waals surface area contributed by atoms with Crippen molar-refractivity contribution in [3.8, 4) is 11.3 Å². The fourth-order valence-electron chi connectivity index (χ4n) is 2.59. The Morgan fingerprint density at radius 2 is 2.00 bits per heavy atom. The SMILES string of the molecule is Cc1sc(C2CCNCC2)nc1-c1cc(F)ccc1F. The van der Waals surface area contributed by atoms with E-state index in [-0.39, 0.29) is 5.56 Å². The zero-order chi connectivity index (χ0) is 14.1. The Kier molecular flexibility index (Phi) is 3.81. The van der Waals surface area contributed by atoms with Crippen molar-refractivity contribution in [2.75, 3.05) is 13.1 Å². The summed E-state index contributed by atoms with van der Waals surface area (Å²) in [5, 5.41) is 4.37. The molecule has 0 radical (unpaired) electrons. The molecule has 0 unspecified atom stereocenters. The molecule has 5 heteroatoms. The highest BCUT2D eigenvalue weighted by Crippen LogP contribution is 2.35. The second-order valence-corrected chi connectivity index (χ2v) is 6.34. The molecule has 2 aromatic rings. The van der Waals surface area contributed by atoms with Crippen LogP contribution in [0.1, 0.15) is 28.6 Å². The van der Waals surface area contributed by atoms with Gasteiger partial charge in [0.05, 0.1) is 10.7 Å². The van der Waals surface area contributed by atoms with Crippen LogP contribution in [-0.2, 0) is 0 Å². The van der Waals surface area contributed by atoms with Gasteiger partial charge in [-0.2, -0.15) is 0 Å². The normalized spacial score (nSPS) is 16.6. The third kappa shape index (κ3) is 2.60. The van der Waals surface area contributed by atoms with Gasteiger partial charge in [0.1, 0.15) is 11.6 Å². The molecule has 0 atom stereocenters. The Bertz CT molecular complexity index is 618. The summed E-state index contributed by atoms with van der Waals surface area (Å²) in [5.41, 5.74) is 0.847. The van der Waals surface area contributed by atoms with Gasteiger partial charge in [-0.05, 0) is 51.1 Å². The highest BCUT2D eigenvalue weighted by Gasteiger charge is 2.21. The number of benzene rings is 1. The van der Waals surface area contributed by atoms with Crippen LogP contribution in [0.25, 0.3) is 11.3 Å². The third-order valence-electron chi connectivity index (χ3n) is 3.69. The van der Waals surface area contributed by atoms with Crippen molar-refractivity contribution in [2.24, 2.45) is 0 Å². The Hall–Kier alpha value is -1.33. The number of aromatic nitrogens is 1. The largest absolute Gasteiger partial charge is 0.317 e. The fraction of sp³-hybridized carbons (Fsp3) is 0.400. The Labute approximate surface area is 120 Å². The molecule has 1 aromatic carbocycles. The van der Waals surface area contributed by atoms with Gasteiger partial charge in [0.2, 0.25) is 0 Å². The summed E-state index contributed by atoms with van der Waals surface area (Å²) >= 11 is 1.60. The number of hydrogen-bond acceptors (Lipinski definition) is 3. The monoisotopic (exact) mass is 294 g/mol. The second kappa shape index (κ2) is 5.58. The van der Waals surface area contributed by atoms with Crippen molar-refractivity contribution in [1.82, 2.24) is 10.3 Å². The molecule has 1 N–H and O–H groups in total. The number of rotatable bonds is 2. The predicted octanol–water partition coefficient (Wildman–Crippen LogP) is 3.86. The van der Waals surface area contributed by atoms with Gasteiger partial charge in [0.15, 0.2) is 0 Å².